The molecule has 1 aromatic heterocycles. The molecule has 3 aromatic rings. The van der Waals surface area contributed by atoms with Crippen LogP contribution in [0, 0.1) is 11.6 Å². The first-order valence-electron chi connectivity index (χ1n) is 7.29. The van der Waals surface area contributed by atoms with Gasteiger partial charge in [0.2, 0.25) is 0 Å². The van der Waals surface area contributed by atoms with E-state index in [1.807, 2.05) is 0 Å². The highest BCUT2D eigenvalue weighted by Crippen LogP contribution is 2.24. The standard InChI is InChI=1S/C18H13F2NO4/c1-23-14-4-2-3-11(7-14)18(22)24-10-13-9-17(25-21-13)15-6-5-12(19)8-16(15)20/h2-9H,10H2,1H3. The van der Waals surface area contributed by atoms with Crippen LogP contribution < -0.4 is 4.74 Å². The lowest BCUT2D eigenvalue weighted by Gasteiger charge is -2.04. The van der Waals surface area contributed by atoms with Crippen molar-refractivity contribution < 1.29 is 27.6 Å². The molecule has 1 heterocycles. The zero-order valence-corrected chi connectivity index (χ0v) is 13.2. The molecule has 0 aliphatic rings. The number of methoxy groups -OCH3 is 1. The Balaban J connectivity index is 1.68. The maximum absolute atomic E-state index is 13.7. The Morgan fingerprint density at radius 2 is 2.00 bits per heavy atom. The molecular formula is C18H13F2NO4. The Hall–Kier alpha value is -3.22. The van der Waals surface area contributed by atoms with Crippen molar-refractivity contribution in [2.75, 3.05) is 7.11 Å². The summed E-state index contributed by atoms with van der Waals surface area (Å²) in [5.74, 6) is -1.37. The second-order valence-electron chi connectivity index (χ2n) is 5.11. The Bertz CT molecular complexity index is 908. The third-order valence-corrected chi connectivity index (χ3v) is 3.41. The summed E-state index contributed by atoms with van der Waals surface area (Å²) in [4.78, 5) is 12.0. The number of nitrogens with zero attached hydrogens (tertiary/aromatic N) is 1. The molecule has 0 bridgehead atoms. The third kappa shape index (κ3) is 3.82. The van der Waals surface area contributed by atoms with Crippen LogP contribution in [0.25, 0.3) is 11.3 Å². The highest BCUT2D eigenvalue weighted by atomic mass is 19.1. The Kier molecular flexibility index (Phi) is 4.74. The van der Waals surface area contributed by atoms with E-state index in [0.717, 1.165) is 12.1 Å². The van der Waals surface area contributed by atoms with E-state index in [1.165, 1.54) is 19.2 Å². The number of aromatic nitrogens is 1. The summed E-state index contributed by atoms with van der Waals surface area (Å²) in [6.45, 7) is -0.150. The zero-order chi connectivity index (χ0) is 17.8. The first kappa shape index (κ1) is 16.6. The minimum atomic E-state index is -0.768. The van der Waals surface area contributed by atoms with Gasteiger partial charge in [0, 0.05) is 12.1 Å². The first-order chi connectivity index (χ1) is 12.1. The van der Waals surface area contributed by atoms with Crippen molar-refractivity contribution in [1.82, 2.24) is 5.16 Å². The largest absolute Gasteiger partial charge is 0.497 e. The van der Waals surface area contributed by atoms with Crippen molar-refractivity contribution in [1.29, 1.82) is 0 Å². The van der Waals surface area contributed by atoms with Crippen molar-refractivity contribution >= 4 is 5.97 Å². The van der Waals surface area contributed by atoms with E-state index in [-0.39, 0.29) is 17.9 Å². The smallest absolute Gasteiger partial charge is 0.338 e. The number of halogens is 2. The van der Waals surface area contributed by atoms with Crippen LogP contribution in [0.2, 0.25) is 0 Å². The SMILES string of the molecule is COc1cccc(C(=O)OCc2cc(-c3ccc(F)cc3F)on2)c1. The molecule has 3 rings (SSSR count). The van der Waals surface area contributed by atoms with Gasteiger partial charge in [0.15, 0.2) is 5.76 Å². The van der Waals surface area contributed by atoms with Crippen LogP contribution in [-0.2, 0) is 11.3 Å². The monoisotopic (exact) mass is 345 g/mol. The number of hydrogen-bond donors (Lipinski definition) is 0. The molecule has 128 valence electrons. The average molecular weight is 345 g/mol. The molecule has 0 amide bonds. The Morgan fingerprint density at radius 1 is 1.16 bits per heavy atom. The van der Waals surface area contributed by atoms with Gasteiger partial charge in [-0.25, -0.2) is 13.6 Å². The fourth-order valence-electron chi connectivity index (χ4n) is 2.17. The number of carbonyl (C=O) groups excluding carboxylic acids is 1. The summed E-state index contributed by atoms with van der Waals surface area (Å²) in [6, 6.07) is 11.0. The van der Waals surface area contributed by atoms with Crippen LogP contribution in [0.4, 0.5) is 8.78 Å². The van der Waals surface area contributed by atoms with Crippen LogP contribution in [-0.4, -0.2) is 18.2 Å². The van der Waals surface area contributed by atoms with E-state index in [1.54, 1.807) is 24.3 Å². The molecule has 0 atom stereocenters. The fraction of sp³-hybridized carbons (Fsp3) is 0.111. The van der Waals surface area contributed by atoms with Gasteiger partial charge in [0.1, 0.15) is 29.7 Å². The van der Waals surface area contributed by atoms with Gasteiger partial charge in [0.25, 0.3) is 0 Å². The molecule has 2 aromatic carbocycles. The molecule has 7 heteroatoms. The molecule has 0 fully saturated rings. The van der Waals surface area contributed by atoms with E-state index in [4.69, 9.17) is 14.0 Å². The predicted molar refractivity (Wildman–Crippen MR) is 84.0 cm³/mol. The van der Waals surface area contributed by atoms with E-state index >= 15 is 0 Å². The normalized spacial score (nSPS) is 10.5. The Labute approximate surface area is 141 Å². The summed E-state index contributed by atoms with van der Waals surface area (Å²) in [5.41, 5.74) is 0.696. The summed E-state index contributed by atoms with van der Waals surface area (Å²) >= 11 is 0. The van der Waals surface area contributed by atoms with Crippen molar-refractivity contribution in [2.24, 2.45) is 0 Å². The number of ether oxygens (including phenoxy) is 2. The van der Waals surface area contributed by atoms with Gasteiger partial charge in [-0.05, 0) is 30.3 Å². The van der Waals surface area contributed by atoms with Crippen LogP contribution in [0.1, 0.15) is 16.1 Å². The quantitative estimate of drug-likeness (QED) is 0.655. The van der Waals surface area contributed by atoms with Crippen molar-refractivity contribution in [3.05, 3.63) is 71.4 Å². The minimum absolute atomic E-state index is 0.0688. The summed E-state index contributed by atoms with van der Waals surface area (Å²) < 4.78 is 41.9. The molecule has 0 spiro atoms. The summed E-state index contributed by atoms with van der Waals surface area (Å²) in [6.07, 6.45) is 0. The lowest BCUT2D eigenvalue weighted by Crippen LogP contribution is -2.05. The highest BCUT2D eigenvalue weighted by molar-refractivity contribution is 5.89. The average Bonchev–Trinajstić information content (AvgIpc) is 3.08. The first-order valence-corrected chi connectivity index (χ1v) is 7.29. The molecule has 5 nitrogen and oxygen atoms in total. The van der Waals surface area contributed by atoms with Gasteiger partial charge in [0.05, 0.1) is 18.2 Å². The molecule has 0 saturated heterocycles. The summed E-state index contributed by atoms with van der Waals surface area (Å²) in [5, 5.41) is 3.72. The van der Waals surface area contributed by atoms with E-state index in [9.17, 15) is 13.6 Å². The minimum Gasteiger partial charge on any atom is -0.497 e. The van der Waals surface area contributed by atoms with Crippen molar-refractivity contribution in [2.45, 2.75) is 6.61 Å². The molecule has 25 heavy (non-hydrogen) atoms. The number of benzene rings is 2. The molecule has 0 aliphatic carbocycles. The molecular weight excluding hydrogens is 332 g/mol. The fourth-order valence-corrected chi connectivity index (χ4v) is 2.17. The van der Waals surface area contributed by atoms with Gasteiger partial charge in [-0.3, -0.25) is 0 Å². The molecule has 0 N–H and O–H groups in total. The summed E-state index contributed by atoms with van der Waals surface area (Å²) in [7, 11) is 1.50. The van der Waals surface area contributed by atoms with E-state index in [0.29, 0.717) is 17.0 Å². The number of carbonyl (C=O) groups is 1. The van der Waals surface area contributed by atoms with Crippen LogP contribution in [0.5, 0.6) is 5.75 Å². The number of rotatable bonds is 5. The van der Waals surface area contributed by atoms with Gasteiger partial charge in [-0.15, -0.1) is 0 Å². The van der Waals surface area contributed by atoms with Crippen LogP contribution in [0.15, 0.2) is 53.1 Å². The van der Waals surface area contributed by atoms with Gasteiger partial charge < -0.3 is 14.0 Å². The maximum Gasteiger partial charge on any atom is 0.338 e. The van der Waals surface area contributed by atoms with Crippen LogP contribution in [0.3, 0.4) is 0 Å². The van der Waals surface area contributed by atoms with Gasteiger partial charge in [-0.2, -0.15) is 0 Å². The topological polar surface area (TPSA) is 61.6 Å². The van der Waals surface area contributed by atoms with E-state index in [2.05, 4.69) is 5.16 Å². The zero-order valence-electron chi connectivity index (χ0n) is 13.2. The predicted octanol–water partition coefficient (Wildman–Crippen LogP) is 3.99. The van der Waals surface area contributed by atoms with Gasteiger partial charge in [-0.1, -0.05) is 11.2 Å². The van der Waals surface area contributed by atoms with E-state index < -0.39 is 17.6 Å². The third-order valence-electron chi connectivity index (χ3n) is 3.41. The van der Waals surface area contributed by atoms with Crippen molar-refractivity contribution in [3.8, 4) is 17.1 Å². The molecule has 0 radical (unpaired) electrons. The number of esters is 1. The lowest BCUT2D eigenvalue weighted by molar-refractivity contribution is 0.0464. The lowest BCUT2D eigenvalue weighted by atomic mass is 10.1. The highest BCUT2D eigenvalue weighted by Gasteiger charge is 2.14. The van der Waals surface area contributed by atoms with Gasteiger partial charge >= 0.3 is 5.97 Å². The van der Waals surface area contributed by atoms with Crippen molar-refractivity contribution in [3.63, 3.8) is 0 Å². The second kappa shape index (κ2) is 7.12. The second-order valence-corrected chi connectivity index (χ2v) is 5.11. The molecule has 0 aliphatic heterocycles. The van der Waals surface area contributed by atoms with Crippen LogP contribution >= 0.6 is 0 Å². The molecule has 0 saturated carbocycles. The number of hydrogen-bond acceptors (Lipinski definition) is 5. The molecule has 0 unspecified atom stereocenters. The maximum atomic E-state index is 13.7. The Morgan fingerprint density at radius 3 is 2.76 bits per heavy atom.